The van der Waals surface area contributed by atoms with Crippen LogP contribution < -0.4 is 0 Å². The van der Waals surface area contributed by atoms with Gasteiger partial charge in [0.05, 0.1) is 0 Å². The number of rotatable bonds is 1. The second-order valence-corrected chi connectivity index (χ2v) is 4.35. The summed E-state index contributed by atoms with van der Waals surface area (Å²) in [7, 11) is 0. The van der Waals surface area contributed by atoms with Crippen molar-refractivity contribution in [1.29, 1.82) is 0 Å². The molecule has 0 amide bonds. The van der Waals surface area contributed by atoms with Gasteiger partial charge in [-0.05, 0) is 37.5 Å². The minimum absolute atomic E-state index is 0.868. The molecule has 0 heteroatoms. The van der Waals surface area contributed by atoms with Crippen LogP contribution in [0.3, 0.4) is 0 Å². The average Bonchev–Trinajstić information content (AvgIpc) is 2.15. The summed E-state index contributed by atoms with van der Waals surface area (Å²) in [5, 5.41) is 0. The highest BCUT2D eigenvalue weighted by atomic mass is 14.2. The standard InChI is InChI=1S/C12H22/c1-11(2)12-9-7-5-3-4-6-8-10-12/h5,7,11-12H,3-4,6,8-10H2,1-2H3. The Morgan fingerprint density at radius 2 is 1.92 bits per heavy atom. The van der Waals surface area contributed by atoms with E-state index >= 15 is 0 Å². The molecule has 0 aromatic carbocycles. The fourth-order valence-corrected chi connectivity index (χ4v) is 1.96. The Morgan fingerprint density at radius 3 is 2.67 bits per heavy atom. The molecule has 0 spiro atoms. The lowest BCUT2D eigenvalue weighted by Crippen LogP contribution is -2.07. The summed E-state index contributed by atoms with van der Waals surface area (Å²) in [4.78, 5) is 0. The normalized spacial score (nSPS) is 26.4. The van der Waals surface area contributed by atoms with Gasteiger partial charge in [0.25, 0.3) is 0 Å². The molecule has 0 radical (unpaired) electrons. The van der Waals surface area contributed by atoms with E-state index in [2.05, 4.69) is 26.0 Å². The smallest absolute Gasteiger partial charge is 0.0320 e. The molecule has 1 aliphatic carbocycles. The largest absolute Gasteiger partial charge is 0.0885 e. The van der Waals surface area contributed by atoms with Crippen molar-refractivity contribution in [2.24, 2.45) is 11.8 Å². The molecule has 0 N–H and O–H groups in total. The maximum absolute atomic E-state index is 2.40. The predicted molar refractivity (Wildman–Crippen MR) is 55.2 cm³/mol. The highest BCUT2D eigenvalue weighted by Crippen LogP contribution is 2.24. The van der Waals surface area contributed by atoms with Crippen LogP contribution in [0, 0.1) is 11.8 Å². The third-order valence-corrected chi connectivity index (χ3v) is 2.99. The highest BCUT2D eigenvalue weighted by Gasteiger charge is 2.11. The molecule has 0 saturated carbocycles. The van der Waals surface area contributed by atoms with Crippen molar-refractivity contribution >= 4 is 0 Å². The molecule has 0 saturated heterocycles. The lowest BCUT2D eigenvalue weighted by Gasteiger charge is -2.18. The van der Waals surface area contributed by atoms with Gasteiger partial charge in [0.15, 0.2) is 0 Å². The van der Waals surface area contributed by atoms with E-state index in [-0.39, 0.29) is 0 Å². The average molecular weight is 166 g/mol. The Labute approximate surface area is 77.1 Å². The molecule has 1 unspecified atom stereocenters. The third-order valence-electron chi connectivity index (χ3n) is 2.99. The fourth-order valence-electron chi connectivity index (χ4n) is 1.96. The van der Waals surface area contributed by atoms with E-state index in [9.17, 15) is 0 Å². The molecule has 0 aromatic heterocycles. The topological polar surface area (TPSA) is 0 Å². The Balaban J connectivity index is 2.38. The third kappa shape index (κ3) is 3.42. The van der Waals surface area contributed by atoms with Crippen molar-refractivity contribution < 1.29 is 0 Å². The second-order valence-electron chi connectivity index (χ2n) is 4.35. The van der Waals surface area contributed by atoms with Crippen molar-refractivity contribution in [3.63, 3.8) is 0 Å². The zero-order valence-electron chi connectivity index (χ0n) is 8.55. The van der Waals surface area contributed by atoms with Crippen molar-refractivity contribution in [1.82, 2.24) is 0 Å². The molecule has 1 atom stereocenters. The Kier molecular flexibility index (Phi) is 4.42. The van der Waals surface area contributed by atoms with Gasteiger partial charge in [-0.25, -0.2) is 0 Å². The molecular weight excluding hydrogens is 144 g/mol. The Morgan fingerprint density at radius 1 is 1.08 bits per heavy atom. The molecule has 70 valence electrons. The maximum Gasteiger partial charge on any atom is -0.0320 e. The second kappa shape index (κ2) is 5.40. The first-order chi connectivity index (χ1) is 5.80. The predicted octanol–water partition coefficient (Wildman–Crippen LogP) is 4.17. The number of hydrogen-bond acceptors (Lipinski definition) is 0. The van der Waals surface area contributed by atoms with Gasteiger partial charge < -0.3 is 0 Å². The minimum atomic E-state index is 0.868. The lowest BCUT2D eigenvalue weighted by atomic mass is 9.88. The van der Waals surface area contributed by atoms with Crippen LogP contribution in [-0.4, -0.2) is 0 Å². The molecule has 12 heavy (non-hydrogen) atoms. The van der Waals surface area contributed by atoms with Gasteiger partial charge in [0.1, 0.15) is 0 Å². The molecule has 0 fully saturated rings. The molecule has 1 rings (SSSR count). The molecule has 0 heterocycles. The van der Waals surface area contributed by atoms with Gasteiger partial charge in [-0.3, -0.25) is 0 Å². The van der Waals surface area contributed by atoms with E-state index in [0.29, 0.717) is 0 Å². The van der Waals surface area contributed by atoms with Gasteiger partial charge >= 0.3 is 0 Å². The summed E-state index contributed by atoms with van der Waals surface area (Å²) in [6.45, 7) is 4.72. The first-order valence-electron chi connectivity index (χ1n) is 5.45. The van der Waals surface area contributed by atoms with Crippen molar-refractivity contribution in [3.05, 3.63) is 12.2 Å². The van der Waals surface area contributed by atoms with Gasteiger partial charge in [0.2, 0.25) is 0 Å². The van der Waals surface area contributed by atoms with Gasteiger partial charge in [-0.2, -0.15) is 0 Å². The maximum atomic E-state index is 2.40. The van der Waals surface area contributed by atoms with Crippen LogP contribution in [0.25, 0.3) is 0 Å². The van der Waals surface area contributed by atoms with Crippen LogP contribution in [0.15, 0.2) is 12.2 Å². The first-order valence-corrected chi connectivity index (χ1v) is 5.45. The van der Waals surface area contributed by atoms with E-state index in [1.54, 1.807) is 0 Å². The SMILES string of the molecule is CC(C)C1CC=CCCCCC1. The monoisotopic (exact) mass is 166 g/mol. The van der Waals surface area contributed by atoms with E-state index in [0.717, 1.165) is 11.8 Å². The number of allylic oxidation sites excluding steroid dienone is 2. The summed E-state index contributed by atoms with van der Waals surface area (Å²) in [6, 6.07) is 0. The van der Waals surface area contributed by atoms with Crippen LogP contribution in [0.4, 0.5) is 0 Å². The van der Waals surface area contributed by atoms with E-state index in [4.69, 9.17) is 0 Å². The van der Waals surface area contributed by atoms with E-state index in [1.165, 1.54) is 38.5 Å². The van der Waals surface area contributed by atoms with Crippen LogP contribution in [0.5, 0.6) is 0 Å². The van der Waals surface area contributed by atoms with Gasteiger partial charge in [0, 0.05) is 0 Å². The van der Waals surface area contributed by atoms with E-state index in [1.807, 2.05) is 0 Å². The zero-order chi connectivity index (χ0) is 8.81. The Hall–Kier alpha value is -0.260. The van der Waals surface area contributed by atoms with Crippen molar-refractivity contribution in [3.8, 4) is 0 Å². The molecule has 0 aromatic rings. The van der Waals surface area contributed by atoms with Crippen LogP contribution in [0.1, 0.15) is 52.4 Å². The quantitative estimate of drug-likeness (QED) is 0.513. The highest BCUT2D eigenvalue weighted by molar-refractivity contribution is 4.86. The molecule has 0 bridgehead atoms. The minimum Gasteiger partial charge on any atom is -0.0885 e. The number of hydrogen-bond donors (Lipinski definition) is 0. The van der Waals surface area contributed by atoms with Crippen molar-refractivity contribution in [2.45, 2.75) is 52.4 Å². The zero-order valence-corrected chi connectivity index (χ0v) is 8.55. The van der Waals surface area contributed by atoms with Crippen molar-refractivity contribution in [2.75, 3.05) is 0 Å². The van der Waals surface area contributed by atoms with E-state index < -0.39 is 0 Å². The lowest BCUT2D eigenvalue weighted by molar-refractivity contribution is 0.351. The fraction of sp³-hybridized carbons (Fsp3) is 0.833. The van der Waals surface area contributed by atoms with Crippen LogP contribution >= 0.6 is 0 Å². The van der Waals surface area contributed by atoms with Gasteiger partial charge in [-0.15, -0.1) is 0 Å². The summed E-state index contributed by atoms with van der Waals surface area (Å²) in [5.74, 6) is 1.81. The summed E-state index contributed by atoms with van der Waals surface area (Å²) < 4.78 is 0. The Bertz CT molecular complexity index is 133. The molecule has 0 nitrogen and oxygen atoms in total. The first kappa shape index (κ1) is 9.83. The summed E-state index contributed by atoms with van der Waals surface area (Å²) >= 11 is 0. The van der Waals surface area contributed by atoms with Crippen LogP contribution in [0.2, 0.25) is 0 Å². The van der Waals surface area contributed by atoms with Crippen LogP contribution in [-0.2, 0) is 0 Å². The summed E-state index contributed by atoms with van der Waals surface area (Å²) in [5.41, 5.74) is 0. The summed E-state index contributed by atoms with van der Waals surface area (Å²) in [6.07, 6.45) is 13.1. The molecule has 0 aliphatic heterocycles. The molecule has 1 aliphatic rings. The molecular formula is C12H22. The van der Waals surface area contributed by atoms with Gasteiger partial charge in [-0.1, -0.05) is 38.8 Å².